The molecule has 2 atom stereocenters. The minimum absolute atomic E-state index is 0.220. The Bertz CT molecular complexity index is 309. The molecule has 0 aliphatic heterocycles. The van der Waals surface area contributed by atoms with Gasteiger partial charge in [-0.05, 0) is 37.6 Å². The first-order valence-electron chi connectivity index (χ1n) is 7.70. The molecule has 1 aliphatic carbocycles. The van der Waals surface area contributed by atoms with E-state index < -0.39 is 5.54 Å². The number of amides is 1. The van der Waals surface area contributed by atoms with Crippen molar-refractivity contribution in [3.8, 4) is 0 Å². The molecular weight excluding hydrogens is 254 g/mol. The lowest BCUT2D eigenvalue weighted by molar-refractivity contribution is -0.124. The van der Waals surface area contributed by atoms with Crippen LogP contribution in [0.1, 0.15) is 39.5 Å². The van der Waals surface area contributed by atoms with E-state index in [1.165, 1.54) is 0 Å². The maximum atomic E-state index is 11.6. The van der Waals surface area contributed by atoms with Crippen LogP contribution >= 0.6 is 0 Å². The first-order valence-corrected chi connectivity index (χ1v) is 7.70. The molecule has 1 fully saturated rings. The third-order valence-corrected chi connectivity index (χ3v) is 4.36. The monoisotopic (exact) mass is 285 g/mol. The zero-order chi connectivity index (χ0) is 15.2. The Kier molecular flexibility index (Phi) is 6.92. The molecule has 1 rings (SSSR count). The summed E-state index contributed by atoms with van der Waals surface area (Å²) in [6, 6.07) is 0. The van der Waals surface area contributed by atoms with E-state index >= 15 is 0 Å². The van der Waals surface area contributed by atoms with Crippen molar-refractivity contribution < 1.29 is 9.53 Å². The van der Waals surface area contributed by atoms with Gasteiger partial charge in [-0.3, -0.25) is 4.79 Å². The fourth-order valence-electron chi connectivity index (χ4n) is 3.20. The lowest BCUT2D eigenvalue weighted by Gasteiger charge is -2.31. The molecule has 20 heavy (non-hydrogen) atoms. The first-order chi connectivity index (χ1) is 9.40. The molecule has 0 saturated heterocycles. The molecular formula is C15H31N3O2. The Labute approximate surface area is 123 Å². The van der Waals surface area contributed by atoms with Crippen molar-refractivity contribution >= 4 is 5.91 Å². The molecule has 0 aromatic heterocycles. The van der Waals surface area contributed by atoms with Gasteiger partial charge >= 0.3 is 0 Å². The minimum atomic E-state index is -0.787. The van der Waals surface area contributed by atoms with E-state index in [0.29, 0.717) is 5.92 Å². The van der Waals surface area contributed by atoms with Crippen LogP contribution in [0.5, 0.6) is 0 Å². The number of nitrogens with two attached hydrogens (primary N) is 2. The van der Waals surface area contributed by atoms with Crippen LogP contribution < -0.4 is 11.5 Å². The summed E-state index contributed by atoms with van der Waals surface area (Å²) in [7, 11) is 1.72. The van der Waals surface area contributed by atoms with Crippen molar-refractivity contribution in [3.63, 3.8) is 0 Å². The van der Waals surface area contributed by atoms with E-state index in [0.717, 1.165) is 51.9 Å². The molecule has 118 valence electrons. The molecule has 0 heterocycles. The second-order valence-electron chi connectivity index (χ2n) is 6.47. The Morgan fingerprint density at radius 2 is 2.15 bits per heavy atom. The van der Waals surface area contributed by atoms with E-state index in [1.807, 2.05) is 0 Å². The molecule has 0 radical (unpaired) electrons. The molecule has 1 amide bonds. The van der Waals surface area contributed by atoms with Crippen LogP contribution in [-0.4, -0.2) is 49.7 Å². The fraction of sp³-hybridized carbons (Fsp3) is 0.933. The zero-order valence-corrected chi connectivity index (χ0v) is 13.2. The van der Waals surface area contributed by atoms with Gasteiger partial charge in [0.2, 0.25) is 5.91 Å². The number of nitrogens with zero attached hydrogens (tertiary/aromatic N) is 1. The second-order valence-corrected chi connectivity index (χ2v) is 6.47. The van der Waals surface area contributed by atoms with Gasteiger partial charge in [-0.25, -0.2) is 0 Å². The van der Waals surface area contributed by atoms with E-state index in [4.69, 9.17) is 16.2 Å². The largest absolute Gasteiger partial charge is 0.383 e. The van der Waals surface area contributed by atoms with Crippen molar-refractivity contribution in [2.75, 3.05) is 33.4 Å². The molecule has 0 bridgehead atoms. The highest BCUT2D eigenvalue weighted by Crippen LogP contribution is 2.35. The average molecular weight is 285 g/mol. The van der Waals surface area contributed by atoms with E-state index in [-0.39, 0.29) is 11.8 Å². The van der Waals surface area contributed by atoms with Crippen molar-refractivity contribution in [1.82, 2.24) is 4.90 Å². The van der Waals surface area contributed by atoms with E-state index in [9.17, 15) is 4.79 Å². The van der Waals surface area contributed by atoms with E-state index in [2.05, 4.69) is 18.7 Å². The molecule has 5 nitrogen and oxygen atoms in total. The maximum Gasteiger partial charge on any atom is 0.237 e. The number of primary amides is 1. The molecule has 0 aromatic rings. The summed E-state index contributed by atoms with van der Waals surface area (Å²) in [6.45, 7) is 8.09. The van der Waals surface area contributed by atoms with Crippen LogP contribution in [0.4, 0.5) is 0 Å². The van der Waals surface area contributed by atoms with Crippen molar-refractivity contribution in [3.05, 3.63) is 0 Å². The van der Waals surface area contributed by atoms with Crippen molar-refractivity contribution in [1.29, 1.82) is 0 Å². The predicted octanol–water partition coefficient (Wildman–Crippen LogP) is 0.964. The van der Waals surface area contributed by atoms with Gasteiger partial charge < -0.3 is 21.1 Å². The summed E-state index contributed by atoms with van der Waals surface area (Å²) >= 11 is 0. The van der Waals surface area contributed by atoms with E-state index in [1.54, 1.807) is 7.11 Å². The number of ether oxygens (including phenoxy) is 1. The van der Waals surface area contributed by atoms with Crippen molar-refractivity contribution in [2.24, 2.45) is 23.3 Å². The minimum Gasteiger partial charge on any atom is -0.383 e. The SMILES string of the molecule is COCCN(CCC1CCCC1(N)C(N)=O)CC(C)C. The summed E-state index contributed by atoms with van der Waals surface area (Å²) in [6.07, 6.45) is 3.69. The predicted molar refractivity (Wildman–Crippen MR) is 81.2 cm³/mol. The van der Waals surface area contributed by atoms with Gasteiger partial charge in [-0.1, -0.05) is 20.3 Å². The maximum absolute atomic E-state index is 11.6. The summed E-state index contributed by atoms with van der Waals surface area (Å²) < 4.78 is 5.16. The van der Waals surface area contributed by atoms with Gasteiger partial charge in [0, 0.05) is 20.2 Å². The number of carbonyl (C=O) groups is 1. The second kappa shape index (κ2) is 7.96. The lowest BCUT2D eigenvalue weighted by Crippen LogP contribution is -2.55. The summed E-state index contributed by atoms with van der Waals surface area (Å²) in [5.74, 6) is 0.499. The smallest absolute Gasteiger partial charge is 0.237 e. The number of carbonyl (C=O) groups excluding carboxylic acids is 1. The van der Waals surface area contributed by atoms with Gasteiger partial charge in [0.15, 0.2) is 0 Å². The quantitative estimate of drug-likeness (QED) is 0.661. The highest BCUT2D eigenvalue weighted by atomic mass is 16.5. The number of hydrogen-bond acceptors (Lipinski definition) is 4. The van der Waals surface area contributed by atoms with Crippen LogP contribution in [0.3, 0.4) is 0 Å². The molecule has 1 aliphatic rings. The summed E-state index contributed by atoms with van der Waals surface area (Å²) in [5.41, 5.74) is 10.9. The third-order valence-electron chi connectivity index (χ3n) is 4.36. The Morgan fingerprint density at radius 3 is 2.70 bits per heavy atom. The van der Waals surface area contributed by atoms with Crippen LogP contribution in [0, 0.1) is 11.8 Å². The highest BCUT2D eigenvalue weighted by Gasteiger charge is 2.43. The van der Waals surface area contributed by atoms with Gasteiger partial charge in [0.25, 0.3) is 0 Å². The van der Waals surface area contributed by atoms with Gasteiger partial charge in [0.05, 0.1) is 12.1 Å². The number of hydrogen-bond donors (Lipinski definition) is 2. The molecule has 0 aromatic carbocycles. The van der Waals surface area contributed by atoms with Crippen LogP contribution in [0.2, 0.25) is 0 Å². The van der Waals surface area contributed by atoms with Crippen LogP contribution in [0.25, 0.3) is 0 Å². The average Bonchev–Trinajstić information content (AvgIpc) is 2.75. The van der Waals surface area contributed by atoms with Gasteiger partial charge in [0.1, 0.15) is 0 Å². The highest BCUT2D eigenvalue weighted by molar-refractivity contribution is 5.85. The van der Waals surface area contributed by atoms with Gasteiger partial charge in [-0.15, -0.1) is 0 Å². The molecule has 4 N–H and O–H groups in total. The summed E-state index contributed by atoms with van der Waals surface area (Å²) in [4.78, 5) is 14.0. The number of methoxy groups -OCH3 is 1. The molecule has 0 spiro atoms. The normalized spacial score (nSPS) is 26.6. The first kappa shape index (κ1) is 17.4. The molecule has 5 heteroatoms. The van der Waals surface area contributed by atoms with Crippen LogP contribution in [0.15, 0.2) is 0 Å². The summed E-state index contributed by atoms with van der Waals surface area (Å²) in [5, 5.41) is 0. The molecule has 1 saturated carbocycles. The Balaban J connectivity index is 2.51. The third kappa shape index (κ3) is 4.72. The molecule has 2 unspecified atom stereocenters. The lowest BCUT2D eigenvalue weighted by atomic mass is 9.85. The van der Waals surface area contributed by atoms with Crippen molar-refractivity contribution in [2.45, 2.75) is 45.1 Å². The van der Waals surface area contributed by atoms with Gasteiger partial charge in [-0.2, -0.15) is 0 Å². The van der Waals surface area contributed by atoms with Crippen LogP contribution in [-0.2, 0) is 9.53 Å². The Hall–Kier alpha value is -0.650. The Morgan fingerprint density at radius 1 is 1.45 bits per heavy atom. The number of rotatable bonds is 9. The zero-order valence-electron chi connectivity index (χ0n) is 13.2. The topological polar surface area (TPSA) is 81.6 Å². The fourth-order valence-corrected chi connectivity index (χ4v) is 3.20. The standard InChI is InChI=1S/C15H31N3O2/c1-12(2)11-18(9-10-20-3)8-6-13-5-4-7-15(13,17)14(16)19/h12-13H,4-11,17H2,1-3H3,(H2,16,19).